The number of benzene rings is 1. The number of nitriles is 1. The second kappa shape index (κ2) is 6.37. The summed E-state index contributed by atoms with van der Waals surface area (Å²) in [6.45, 7) is 2.56. The summed E-state index contributed by atoms with van der Waals surface area (Å²) in [5.41, 5.74) is 0.383. The molecule has 0 saturated heterocycles. The highest BCUT2D eigenvalue weighted by molar-refractivity contribution is 6.31. The largest absolute Gasteiger partial charge is 0.489 e. The predicted molar refractivity (Wildman–Crippen MR) is 62.8 cm³/mol. The molecule has 1 aromatic rings. The standard InChI is InChI=1S/C12H14ClNO2/c1-9(6-7-15-2)16-12-5-3-4-11(13)10(12)8-14/h3-5,9H,6-7H2,1-2H3. The Kier molecular flexibility index (Phi) is 5.10. The van der Waals surface area contributed by atoms with Crippen LogP contribution in [0.25, 0.3) is 0 Å². The van der Waals surface area contributed by atoms with Gasteiger partial charge in [-0.3, -0.25) is 0 Å². The van der Waals surface area contributed by atoms with E-state index in [9.17, 15) is 0 Å². The zero-order chi connectivity index (χ0) is 12.0. The van der Waals surface area contributed by atoms with Gasteiger partial charge in [0.25, 0.3) is 0 Å². The molecule has 0 aliphatic rings. The Hall–Kier alpha value is -1.24. The van der Waals surface area contributed by atoms with Crippen LogP contribution in [0.4, 0.5) is 0 Å². The molecule has 0 aliphatic carbocycles. The first-order chi connectivity index (χ1) is 7.69. The highest BCUT2D eigenvalue weighted by Crippen LogP contribution is 2.26. The molecule has 0 N–H and O–H groups in total. The minimum Gasteiger partial charge on any atom is -0.489 e. The van der Waals surface area contributed by atoms with E-state index in [4.69, 9.17) is 26.3 Å². The molecular weight excluding hydrogens is 226 g/mol. The molecule has 0 radical (unpaired) electrons. The van der Waals surface area contributed by atoms with Gasteiger partial charge in [-0.15, -0.1) is 0 Å². The van der Waals surface area contributed by atoms with Crippen molar-refractivity contribution >= 4 is 11.6 Å². The van der Waals surface area contributed by atoms with Gasteiger partial charge in [0.2, 0.25) is 0 Å². The normalized spacial score (nSPS) is 11.9. The number of rotatable bonds is 5. The molecule has 0 aromatic heterocycles. The van der Waals surface area contributed by atoms with Crippen LogP contribution in [0, 0.1) is 11.3 Å². The van der Waals surface area contributed by atoms with Crippen molar-refractivity contribution in [1.29, 1.82) is 5.26 Å². The lowest BCUT2D eigenvalue weighted by Crippen LogP contribution is -2.14. The third kappa shape index (κ3) is 3.41. The van der Waals surface area contributed by atoms with E-state index in [-0.39, 0.29) is 6.10 Å². The van der Waals surface area contributed by atoms with Crippen molar-refractivity contribution in [1.82, 2.24) is 0 Å². The van der Waals surface area contributed by atoms with Crippen LogP contribution in [0.3, 0.4) is 0 Å². The number of nitrogens with zero attached hydrogens (tertiary/aromatic N) is 1. The first-order valence-electron chi connectivity index (χ1n) is 5.03. The lowest BCUT2D eigenvalue weighted by Gasteiger charge is -2.15. The zero-order valence-corrected chi connectivity index (χ0v) is 10.1. The number of halogens is 1. The maximum absolute atomic E-state index is 8.95. The lowest BCUT2D eigenvalue weighted by molar-refractivity contribution is 0.135. The summed E-state index contributed by atoms with van der Waals surface area (Å²) in [7, 11) is 1.65. The van der Waals surface area contributed by atoms with Gasteiger partial charge in [0.1, 0.15) is 17.4 Å². The first-order valence-corrected chi connectivity index (χ1v) is 5.41. The predicted octanol–water partition coefficient (Wildman–Crippen LogP) is 3.02. The fourth-order valence-electron chi connectivity index (χ4n) is 1.27. The maximum Gasteiger partial charge on any atom is 0.138 e. The monoisotopic (exact) mass is 239 g/mol. The van der Waals surface area contributed by atoms with Crippen LogP contribution in [0.15, 0.2) is 18.2 Å². The molecule has 0 bridgehead atoms. The van der Waals surface area contributed by atoms with E-state index in [1.165, 1.54) is 0 Å². The zero-order valence-electron chi connectivity index (χ0n) is 9.37. The number of hydrogen-bond donors (Lipinski definition) is 0. The van der Waals surface area contributed by atoms with Crippen molar-refractivity contribution in [2.24, 2.45) is 0 Å². The number of ether oxygens (including phenoxy) is 2. The summed E-state index contributed by atoms with van der Waals surface area (Å²) >= 11 is 5.89. The SMILES string of the molecule is COCCC(C)Oc1cccc(Cl)c1C#N. The molecular formula is C12H14ClNO2. The molecule has 0 saturated carbocycles. The Bertz CT molecular complexity index is 387. The van der Waals surface area contributed by atoms with Crippen LogP contribution in [0.1, 0.15) is 18.9 Å². The van der Waals surface area contributed by atoms with Crippen LogP contribution >= 0.6 is 11.6 Å². The molecule has 1 rings (SSSR count). The summed E-state index contributed by atoms with van der Waals surface area (Å²) < 4.78 is 10.6. The molecule has 0 fully saturated rings. The van der Waals surface area contributed by atoms with E-state index < -0.39 is 0 Å². The molecule has 0 heterocycles. The van der Waals surface area contributed by atoms with Crippen molar-refractivity contribution in [3.8, 4) is 11.8 Å². The summed E-state index contributed by atoms with van der Waals surface area (Å²) in [4.78, 5) is 0. The van der Waals surface area contributed by atoms with Gasteiger partial charge < -0.3 is 9.47 Å². The fourth-order valence-corrected chi connectivity index (χ4v) is 1.48. The average molecular weight is 240 g/mol. The average Bonchev–Trinajstić information content (AvgIpc) is 2.27. The van der Waals surface area contributed by atoms with Gasteiger partial charge in [-0.25, -0.2) is 0 Å². The Morgan fingerprint density at radius 3 is 2.88 bits per heavy atom. The van der Waals surface area contributed by atoms with Crippen molar-refractivity contribution in [3.05, 3.63) is 28.8 Å². The maximum atomic E-state index is 8.95. The highest BCUT2D eigenvalue weighted by Gasteiger charge is 2.10. The Morgan fingerprint density at radius 2 is 2.25 bits per heavy atom. The van der Waals surface area contributed by atoms with Crippen LogP contribution in [-0.2, 0) is 4.74 Å². The van der Waals surface area contributed by atoms with Gasteiger partial charge in [-0.1, -0.05) is 17.7 Å². The minimum atomic E-state index is -0.00878. The molecule has 1 atom stereocenters. The molecule has 1 aromatic carbocycles. The fraction of sp³-hybridized carbons (Fsp3) is 0.417. The Morgan fingerprint density at radius 1 is 1.50 bits per heavy atom. The summed E-state index contributed by atoms with van der Waals surface area (Å²) in [5, 5.41) is 9.36. The van der Waals surface area contributed by atoms with Crippen LogP contribution in [0.2, 0.25) is 5.02 Å². The molecule has 4 heteroatoms. The number of methoxy groups -OCH3 is 1. The van der Waals surface area contributed by atoms with E-state index in [1.807, 2.05) is 13.0 Å². The van der Waals surface area contributed by atoms with Crippen LogP contribution in [0.5, 0.6) is 5.75 Å². The number of hydrogen-bond acceptors (Lipinski definition) is 3. The van der Waals surface area contributed by atoms with Crippen molar-refractivity contribution in [2.45, 2.75) is 19.4 Å². The van der Waals surface area contributed by atoms with Crippen LogP contribution in [-0.4, -0.2) is 19.8 Å². The second-order valence-corrected chi connectivity index (χ2v) is 3.84. The van der Waals surface area contributed by atoms with E-state index in [0.717, 1.165) is 6.42 Å². The smallest absolute Gasteiger partial charge is 0.138 e. The summed E-state index contributed by atoms with van der Waals surface area (Å²) in [5.74, 6) is 0.526. The Balaban J connectivity index is 2.74. The quantitative estimate of drug-likeness (QED) is 0.793. The molecule has 0 aliphatic heterocycles. The lowest BCUT2D eigenvalue weighted by atomic mass is 10.2. The summed E-state index contributed by atoms with van der Waals surface area (Å²) in [6.07, 6.45) is 0.763. The van der Waals surface area contributed by atoms with E-state index in [1.54, 1.807) is 25.3 Å². The van der Waals surface area contributed by atoms with E-state index in [0.29, 0.717) is 22.9 Å². The second-order valence-electron chi connectivity index (χ2n) is 3.43. The van der Waals surface area contributed by atoms with Crippen LogP contribution < -0.4 is 4.74 Å². The van der Waals surface area contributed by atoms with Gasteiger partial charge in [0.15, 0.2) is 0 Å². The Labute approximate surface area is 101 Å². The third-order valence-corrected chi connectivity index (χ3v) is 2.46. The molecule has 1 unspecified atom stereocenters. The highest BCUT2D eigenvalue weighted by atomic mass is 35.5. The van der Waals surface area contributed by atoms with Gasteiger partial charge in [-0.2, -0.15) is 5.26 Å². The van der Waals surface area contributed by atoms with Gasteiger partial charge >= 0.3 is 0 Å². The first kappa shape index (κ1) is 12.8. The molecule has 0 spiro atoms. The molecule has 0 amide bonds. The van der Waals surface area contributed by atoms with Gasteiger partial charge in [-0.05, 0) is 19.1 Å². The third-order valence-electron chi connectivity index (χ3n) is 2.14. The van der Waals surface area contributed by atoms with E-state index >= 15 is 0 Å². The molecule has 3 nitrogen and oxygen atoms in total. The summed E-state index contributed by atoms with van der Waals surface area (Å²) in [6, 6.07) is 7.22. The van der Waals surface area contributed by atoms with Gasteiger partial charge in [0.05, 0.1) is 11.1 Å². The topological polar surface area (TPSA) is 42.2 Å². The van der Waals surface area contributed by atoms with Crippen molar-refractivity contribution < 1.29 is 9.47 Å². The van der Waals surface area contributed by atoms with Gasteiger partial charge in [0, 0.05) is 20.1 Å². The van der Waals surface area contributed by atoms with Crippen molar-refractivity contribution in [2.75, 3.05) is 13.7 Å². The molecule has 16 heavy (non-hydrogen) atoms. The molecule has 86 valence electrons. The minimum absolute atomic E-state index is 0.00878. The van der Waals surface area contributed by atoms with Crippen molar-refractivity contribution in [3.63, 3.8) is 0 Å². The van der Waals surface area contributed by atoms with E-state index in [2.05, 4.69) is 0 Å².